The van der Waals surface area contributed by atoms with Crippen LogP contribution in [0, 0.1) is 23.1 Å². The van der Waals surface area contributed by atoms with Gasteiger partial charge in [-0.25, -0.2) is 23.9 Å². The molecule has 274 valence electrons. The predicted octanol–water partition coefficient (Wildman–Crippen LogP) is 4.63. The summed E-state index contributed by atoms with van der Waals surface area (Å²) in [6, 6.07) is 10.3. The lowest BCUT2D eigenvalue weighted by Crippen LogP contribution is -2.50. The number of rotatable bonds is 1. The van der Waals surface area contributed by atoms with Gasteiger partial charge in [-0.15, -0.1) is 0 Å². The summed E-state index contributed by atoms with van der Waals surface area (Å²) in [5.41, 5.74) is -0.688. The SMILES string of the molecule is CC1(C)COC(=O)N[C@H]2CCCCC/C=C/[C@@H]3C[C@]3(C(=O)O)NC(=O)C3CN(C[C@@H]3Oc3nc4ccccc4nc3-c3cc(F)cc(c3)OC1)C2=O. The van der Waals surface area contributed by atoms with E-state index in [0.29, 0.717) is 35.9 Å². The Labute approximate surface area is 299 Å². The number of alkyl carbamates (subject to hydrolysis) is 1. The quantitative estimate of drug-likeness (QED) is 0.302. The van der Waals surface area contributed by atoms with Crippen LogP contribution in [-0.2, 0) is 19.1 Å². The van der Waals surface area contributed by atoms with Crippen molar-refractivity contribution >= 4 is 34.9 Å². The third-order valence-electron chi connectivity index (χ3n) is 10.1. The van der Waals surface area contributed by atoms with Crippen molar-refractivity contribution in [1.82, 2.24) is 25.5 Å². The normalized spacial score (nSPS) is 28.5. The molecule has 7 rings (SSSR count). The number of nitrogens with one attached hydrogen (secondary N) is 2. The first-order chi connectivity index (χ1) is 24.9. The Bertz CT molecular complexity index is 1940. The summed E-state index contributed by atoms with van der Waals surface area (Å²) in [4.78, 5) is 65.0. The Morgan fingerprint density at radius 1 is 1.00 bits per heavy atom. The topological polar surface area (TPSA) is 169 Å². The summed E-state index contributed by atoms with van der Waals surface area (Å²) in [6.45, 7) is 3.49. The number of halogens is 1. The van der Waals surface area contributed by atoms with E-state index in [4.69, 9.17) is 24.2 Å². The highest BCUT2D eigenvalue weighted by Gasteiger charge is 2.61. The van der Waals surface area contributed by atoms with Gasteiger partial charge in [0.05, 0.1) is 30.1 Å². The fourth-order valence-electron chi connectivity index (χ4n) is 7.07. The minimum Gasteiger partial charge on any atom is -0.493 e. The molecule has 4 heterocycles. The van der Waals surface area contributed by atoms with Crippen LogP contribution in [0.2, 0.25) is 0 Å². The van der Waals surface area contributed by atoms with Crippen LogP contribution in [-0.4, -0.2) is 87.8 Å². The average Bonchev–Trinajstić information content (AvgIpc) is 3.65. The molecule has 2 fully saturated rings. The van der Waals surface area contributed by atoms with E-state index in [1.165, 1.54) is 17.0 Å². The number of ether oxygens (including phenoxy) is 3. The lowest BCUT2D eigenvalue weighted by molar-refractivity contribution is -0.144. The summed E-state index contributed by atoms with van der Waals surface area (Å²) in [5.74, 6) is -3.97. The predicted molar refractivity (Wildman–Crippen MR) is 186 cm³/mol. The Hall–Kier alpha value is -5.27. The number of benzene rings is 2. The molecule has 6 bridgehead atoms. The number of cyclic esters (lactones) is 1. The second-order valence-electron chi connectivity index (χ2n) is 14.9. The molecule has 0 radical (unpaired) electrons. The molecule has 1 aliphatic carbocycles. The summed E-state index contributed by atoms with van der Waals surface area (Å²) in [6.07, 6.45) is 5.49. The smallest absolute Gasteiger partial charge is 0.407 e. The zero-order valence-corrected chi connectivity index (χ0v) is 29.1. The summed E-state index contributed by atoms with van der Waals surface area (Å²) >= 11 is 0. The molecule has 1 unspecified atom stereocenters. The lowest BCUT2D eigenvalue weighted by atomic mass is 9.96. The van der Waals surface area contributed by atoms with Gasteiger partial charge in [-0.2, -0.15) is 0 Å². The maximum absolute atomic E-state index is 15.2. The molecular formula is C38H42FN5O8. The number of amides is 3. The van der Waals surface area contributed by atoms with E-state index in [2.05, 4.69) is 10.6 Å². The molecule has 4 aliphatic rings. The van der Waals surface area contributed by atoms with Crippen molar-refractivity contribution in [1.29, 1.82) is 0 Å². The number of fused-ring (bicyclic) bond motifs is 10. The maximum Gasteiger partial charge on any atom is 0.407 e. The molecule has 14 heteroatoms. The highest BCUT2D eigenvalue weighted by molar-refractivity contribution is 5.93. The van der Waals surface area contributed by atoms with E-state index in [-0.39, 0.29) is 56.0 Å². The number of carboxylic acids is 1. The summed E-state index contributed by atoms with van der Waals surface area (Å²) in [7, 11) is 0. The number of aliphatic carboxylic acids is 1. The highest BCUT2D eigenvalue weighted by Crippen LogP contribution is 2.46. The zero-order valence-electron chi connectivity index (χ0n) is 29.1. The highest BCUT2D eigenvalue weighted by atomic mass is 19.1. The van der Waals surface area contributed by atoms with E-state index in [0.717, 1.165) is 12.8 Å². The van der Waals surface area contributed by atoms with Gasteiger partial charge in [0.25, 0.3) is 0 Å². The van der Waals surface area contributed by atoms with E-state index < -0.39 is 58.7 Å². The number of para-hydroxylation sites is 2. The molecule has 3 amide bonds. The number of carbonyl (C=O) groups excluding carboxylic acids is 3. The fourth-order valence-corrected chi connectivity index (χ4v) is 7.07. The van der Waals surface area contributed by atoms with Crippen molar-refractivity contribution < 1.29 is 42.9 Å². The number of hydrogen-bond acceptors (Lipinski definition) is 9. The van der Waals surface area contributed by atoms with Crippen LogP contribution in [0.5, 0.6) is 11.6 Å². The monoisotopic (exact) mass is 715 g/mol. The number of aromatic nitrogens is 2. The standard InChI is InChI=1S/C38H42FN5O8/c1-37(2)20-50-25-15-22(14-24(39)16-25)31-33(41-28-12-9-8-11-27(28)40-31)52-30-19-44-18-26(30)32(45)43-38(35(47)48)17-23(38)10-6-4-3-5-7-13-29(34(44)46)42-36(49)51-21-37/h6,8-12,14-16,23,26,29-30H,3-5,7,13,17-21H2,1-2H3,(H,42,49)(H,43,45)(H,47,48)/b10-6+/t23-,26?,29+,30+,38+/m1/s1. The number of hydrogen-bond donors (Lipinski definition) is 3. The van der Waals surface area contributed by atoms with Crippen LogP contribution >= 0.6 is 0 Å². The first kappa shape index (κ1) is 35.1. The van der Waals surface area contributed by atoms with E-state index >= 15 is 4.39 Å². The summed E-state index contributed by atoms with van der Waals surface area (Å²) in [5, 5.41) is 15.8. The van der Waals surface area contributed by atoms with Crippen LogP contribution in [0.1, 0.15) is 52.4 Å². The van der Waals surface area contributed by atoms with Crippen LogP contribution in [0.3, 0.4) is 0 Å². The van der Waals surface area contributed by atoms with Gasteiger partial charge in [0.1, 0.15) is 41.6 Å². The Morgan fingerprint density at radius 2 is 1.77 bits per heavy atom. The van der Waals surface area contributed by atoms with E-state index in [1.54, 1.807) is 30.3 Å². The fraction of sp³-hybridized carbons (Fsp3) is 0.474. The molecule has 3 N–H and O–H groups in total. The van der Waals surface area contributed by atoms with Crippen molar-refractivity contribution in [2.75, 3.05) is 26.3 Å². The molecule has 52 heavy (non-hydrogen) atoms. The van der Waals surface area contributed by atoms with E-state index in [9.17, 15) is 24.3 Å². The summed E-state index contributed by atoms with van der Waals surface area (Å²) < 4.78 is 33.3. The van der Waals surface area contributed by atoms with Crippen LogP contribution in [0.25, 0.3) is 22.3 Å². The van der Waals surface area contributed by atoms with Gasteiger partial charge in [0.15, 0.2) is 0 Å². The number of carboxylic acid groups (broad SMARTS) is 1. The zero-order chi connectivity index (χ0) is 36.6. The second-order valence-corrected chi connectivity index (χ2v) is 14.9. The van der Waals surface area contributed by atoms with Crippen LogP contribution in [0.15, 0.2) is 54.6 Å². The number of allylic oxidation sites excluding steroid dienone is 1. The van der Waals surface area contributed by atoms with Gasteiger partial charge in [0, 0.05) is 29.5 Å². The molecule has 13 nitrogen and oxygen atoms in total. The van der Waals surface area contributed by atoms with Crippen molar-refractivity contribution in [2.45, 2.75) is 70.1 Å². The Kier molecular flexibility index (Phi) is 9.49. The number of carbonyl (C=O) groups is 4. The van der Waals surface area contributed by atoms with Gasteiger partial charge >= 0.3 is 12.1 Å². The maximum atomic E-state index is 15.2. The molecule has 0 spiro atoms. The molecule has 1 saturated heterocycles. The van der Waals surface area contributed by atoms with Gasteiger partial charge < -0.3 is 34.9 Å². The first-order valence-corrected chi connectivity index (χ1v) is 17.7. The second kappa shape index (κ2) is 14.0. The van der Waals surface area contributed by atoms with Gasteiger partial charge in [-0.1, -0.05) is 51.0 Å². The molecule has 5 atom stereocenters. The molecule has 2 aromatic carbocycles. The van der Waals surface area contributed by atoms with Crippen molar-refractivity contribution in [3.8, 4) is 22.9 Å². The lowest BCUT2D eigenvalue weighted by Gasteiger charge is -2.27. The molecular weight excluding hydrogens is 673 g/mol. The van der Waals surface area contributed by atoms with E-state index in [1.807, 2.05) is 26.0 Å². The van der Waals surface area contributed by atoms with Gasteiger partial charge in [0.2, 0.25) is 17.7 Å². The van der Waals surface area contributed by atoms with Gasteiger partial charge in [-0.3, -0.25) is 9.59 Å². The third-order valence-corrected chi connectivity index (χ3v) is 10.1. The van der Waals surface area contributed by atoms with Crippen molar-refractivity contribution in [2.24, 2.45) is 17.3 Å². The molecule has 3 aromatic rings. The largest absolute Gasteiger partial charge is 0.493 e. The Balaban J connectivity index is 1.33. The Morgan fingerprint density at radius 3 is 2.56 bits per heavy atom. The van der Waals surface area contributed by atoms with Crippen molar-refractivity contribution in [3.05, 3.63) is 60.4 Å². The molecule has 1 aromatic heterocycles. The minimum atomic E-state index is -1.48. The molecule has 3 aliphatic heterocycles. The molecule has 1 saturated carbocycles. The third kappa shape index (κ3) is 7.37. The first-order valence-electron chi connectivity index (χ1n) is 17.7. The van der Waals surface area contributed by atoms with Crippen LogP contribution < -0.4 is 20.1 Å². The minimum absolute atomic E-state index is 0.00174. The number of nitrogens with zero attached hydrogens (tertiary/aromatic N) is 3. The van der Waals surface area contributed by atoms with Crippen LogP contribution in [0.4, 0.5) is 9.18 Å². The van der Waals surface area contributed by atoms with Crippen molar-refractivity contribution in [3.63, 3.8) is 0 Å². The average molecular weight is 716 g/mol. The van der Waals surface area contributed by atoms with Gasteiger partial charge in [-0.05, 0) is 49.9 Å².